The van der Waals surface area contributed by atoms with Crippen molar-refractivity contribution < 1.29 is 33.8 Å². The molecule has 0 saturated carbocycles. The standard InChI is InChI=1S/C27H40Br2N8O7/c1-26(2,3)43-24(39)34-23(35-25(40)44-27(4,5)6)32-11-8-7-10-31-22(38)20(36-41)16-17-14-18(28)21(19(29)15-17)42-13-9-12-33-37-30/h14-15,41H,7-13,16H2,1-6H3,(H,31,38)(H2,32,34,35,39,40)/b36-20-. The van der Waals surface area contributed by atoms with Gasteiger partial charge in [0, 0.05) is 31.0 Å². The zero-order valence-corrected chi connectivity index (χ0v) is 28.9. The molecule has 0 aromatic heterocycles. The molecule has 4 N–H and O–H groups in total. The van der Waals surface area contributed by atoms with Gasteiger partial charge in [-0.2, -0.15) is 0 Å². The van der Waals surface area contributed by atoms with E-state index in [1.165, 1.54) is 0 Å². The van der Waals surface area contributed by atoms with Crippen LogP contribution in [0.2, 0.25) is 0 Å². The minimum Gasteiger partial charge on any atom is -0.491 e. The Bertz CT molecular complexity index is 1200. The van der Waals surface area contributed by atoms with Crippen molar-refractivity contribution in [3.63, 3.8) is 0 Å². The number of oxime groups is 1. The molecule has 1 rings (SSSR count). The van der Waals surface area contributed by atoms with E-state index >= 15 is 0 Å². The van der Waals surface area contributed by atoms with Gasteiger partial charge in [0.05, 0.1) is 15.6 Å². The van der Waals surface area contributed by atoms with Crippen LogP contribution in [0, 0.1) is 0 Å². The van der Waals surface area contributed by atoms with E-state index in [-0.39, 0.29) is 31.2 Å². The first-order valence-corrected chi connectivity index (χ1v) is 15.3. The number of azide groups is 1. The van der Waals surface area contributed by atoms with Crippen molar-refractivity contribution >= 4 is 61.6 Å². The van der Waals surface area contributed by atoms with Crippen LogP contribution in [0.1, 0.15) is 66.4 Å². The average molecular weight is 748 g/mol. The Kier molecular flexibility index (Phi) is 16.6. The van der Waals surface area contributed by atoms with Crippen molar-refractivity contribution in [2.24, 2.45) is 15.3 Å². The Morgan fingerprint density at radius 3 is 2.00 bits per heavy atom. The first-order chi connectivity index (χ1) is 20.5. The normalized spacial score (nSPS) is 11.5. The quantitative estimate of drug-likeness (QED) is 0.0278. The summed E-state index contributed by atoms with van der Waals surface area (Å²) in [5.74, 6) is -0.121. The molecule has 0 aliphatic heterocycles. The number of amides is 3. The minimum absolute atomic E-state index is 0.0526. The summed E-state index contributed by atoms with van der Waals surface area (Å²) < 4.78 is 17.4. The van der Waals surface area contributed by atoms with Crippen LogP contribution in [0.3, 0.4) is 0 Å². The molecule has 0 aliphatic carbocycles. The van der Waals surface area contributed by atoms with Gasteiger partial charge in [-0.15, -0.1) is 0 Å². The maximum Gasteiger partial charge on any atom is 0.414 e. The van der Waals surface area contributed by atoms with Crippen molar-refractivity contribution in [2.45, 2.75) is 78.4 Å². The first-order valence-electron chi connectivity index (χ1n) is 13.7. The number of halogens is 2. The molecule has 244 valence electrons. The number of unbranched alkanes of at least 4 members (excludes halogenated alkanes) is 1. The fraction of sp³-hybridized carbons (Fsp3) is 0.593. The number of aliphatic imine (C=N–C) groups is 1. The topological polar surface area (TPSA) is 209 Å². The number of hydrogen-bond acceptors (Lipinski definition) is 10. The van der Waals surface area contributed by atoms with Crippen molar-refractivity contribution in [2.75, 3.05) is 26.2 Å². The van der Waals surface area contributed by atoms with E-state index in [4.69, 9.17) is 19.7 Å². The summed E-state index contributed by atoms with van der Waals surface area (Å²) in [7, 11) is 0. The van der Waals surface area contributed by atoms with Crippen LogP contribution in [0.4, 0.5) is 9.59 Å². The van der Waals surface area contributed by atoms with E-state index in [0.717, 1.165) is 0 Å². The van der Waals surface area contributed by atoms with Crippen LogP contribution in [0.5, 0.6) is 5.75 Å². The van der Waals surface area contributed by atoms with Crippen molar-refractivity contribution in [3.8, 4) is 5.75 Å². The first kappa shape index (κ1) is 38.5. The molecular formula is C27H40Br2N8O7. The number of rotatable bonds is 13. The van der Waals surface area contributed by atoms with Crippen molar-refractivity contribution in [3.05, 3.63) is 37.1 Å². The largest absolute Gasteiger partial charge is 0.491 e. The molecule has 0 heterocycles. The van der Waals surface area contributed by atoms with E-state index in [0.29, 0.717) is 52.7 Å². The second-order valence-electron chi connectivity index (χ2n) is 11.2. The van der Waals surface area contributed by atoms with E-state index in [9.17, 15) is 19.6 Å². The Balaban J connectivity index is 2.66. The number of benzene rings is 1. The predicted molar refractivity (Wildman–Crippen MR) is 172 cm³/mol. The molecule has 0 radical (unpaired) electrons. The van der Waals surface area contributed by atoms with Crippen LogP contribution in [0.25, 0.3) is 10.4 Å². The molecule has 0 unspecified atom stereocenters. The molecule has 44 heavy (non-hydrogen) atoms. The minimum atomic E-state index is -0.793. The highest BCUT2D eigenvalue weighted by Gasteiger charge is 2.21. The van der Waals surface area contributed by atoms with Gasteiger partial charge in [-0.1, -0.05) is 10.3 Å². The predicted octanol–water partition coefficient (Wildman–Crippen LogP) is 5.97. The van der Waals surface area contributed by atoms with Crippen LogP contribution in [0.15, 0.2) is 36.3 Å². The monoisotopic (exact) mass is 746 g/mol. The summed E-state index contributed by atoms with van der Waals surface area (Å²) in [4.78, 5) is 43.9. The Morgan fingerprint density at radius 2 is 1.50 bits per heavy atom. The van der Waals surface area contributed by atoms with Gasteiger partial charge in [0.15, 0.2) is 0 Å². The summed E-state index contributed by atoms with van der Waals surface area (Å²) in [6.07, 6.45) is 0.00893. The van der Waals surface area contributed by atoms with E-state index < -0.39 is 29.3 Å². The van der Waals surface area contributed by atoms with Gasteiger partial charge in [0.2, 0.25) is 5.96 Å². The third kappa shape index (κ3) is 16.9. The van der Waals surface area contributed by atoms with Crippen LogP contribution >= 0.6 is 31.9 Å². The molecule has 0 fully saturated rings. The van der Waals surface area contributed by atoms with Crippen LogP contribution in [-0.4, -0.2) is 72.4 Å². The molecule has 15 nitrogen and oxygen atoms in total. The van der Waals surface area contributed by atoms with E-state index in [1.54, 1.807) is 53.7 Å². The lowest BCUT2D eigenvalue weighted by Crippen LogP contribution is -2.47. The van der Waals surface area contributed by atoms with Gasteiger partial charge in [-0.05, 0) is 116 Å². The highest BCUT2D eigenvalue weighted by Crippen LogP contribution is 2.35. The van der Waals surface area contributed by atoms with Crippen LogP contribution in [-0.2, 0) is 20.7 Å². The number of carbonyl (C=O) groups excluding carboxylic acids is 3. The number of carbonyl (C=O) groups is 3. The van der Waals surface area contributed by atoms with Gasteiger partial charge < -0.3 is 24.7 Å². The summed E-state index contributed by atoms with van der Waals surface area (Å²) in [5, 5.41) is 23.6. The number of nitrogens with zero attached hydrogens (tertiary/aromatic N) is 5. The summed E-state index contributed by atoms with van der Waals surface area (Å²) in [6, 6.07) is 3.50. The lowest BCUT2D eigenvalue weighted by molar-refractivity contribution is -0.115. The Labute approximate surface area is 273 Å². The highest BCUT2D eigenvalue weighted by atomic mass is 79.9. The van der Waals surface area contributed by atoms with Crippen molar-refractivity contribution in [1.29, 1.82) is 0 Å². The Hall–Kier alpha value is -3.56. The number of nitrogens with one attached hydrogen (secondary N) is 3. The molecule has 3 amide bonds. The van der Waals surface area contributed by atoms with Gasteiger partial charge >= 0.3 is 12.2 Å². The van der Waals surface area contributed by atoms with Gasteiger partial charge in [-0.3, -0.25) is 20.4 Å². The second kappa shape index (κ2) is 19.0. The average Bonchev–Trinajstić information content (AvgIpc) is 2.87. The third-order valence-corrected chi connectivity index (χ3v) is 6.08. The number of alkyl carbamates (subject to hydrolysis) is 2. The zero-order chi connectivity index (χ0) is 33.3. The molecule has 0 atom stereocenters. The maximum absolute atomic E-state index is 12.6. The van der Waals surface area contributed by atoms with E-state index in [2.05, 4.69) is 68.0 Å². The fourth-order valence-corrected chi connectivity index (χ4v) is 4.71. The smallest absolute Gasteiger partial charge is 0.414 e. The van der Waals surface area contributed by atoms with Gasteiger partial charge in [0.1, 0.15) is 22.7 Å². The third-order valence-electron chi connectivity index (χ3n) is 4.90. The molecule has 0 spiro atoms. The van der Waals surface area contributed by atoms with Crippen LogP contribution < -0.4 is 20.7 Å². The number of guanidine groups is 1. The maximum atomic E-state index is 12.6. The SMILES string of the molecule is CC(C)(C)OC(=O)NC(=NCCCCNC(=O)/C(Cc1cc(Br)c(OCCCN=[N+]=[N-])c(Br)c1)=N\O)NC(=O)OC(C)(C)C. The molecule has 0 bridgehead atoms. The summed E-state index contributed by atoms with van der Waals surface area (Å²) in [5.41, 5.74) is 7.44. The van der Waals surface area contributed by atoms with E-state index in [1.807, 2.05) is 0 Å². The molecular weight excluding hydrogens is 708 g/mol. The number of ether oxygens (including phenoxy) is 3. The summed E-state index contributed by atoms with van der Waals surface area (Å²) >= 11 is 6.89. The Morgan fingerprint density at radius 1 is 0.932 bits per heavy atom. The molecule has 17 heteroatoms. The van der Waals surface area contributed by atoms with Gasteiger partial charge in [-0.25, -0.2) is 9.59 Å². The van der Waals surface area contributed by atoms with Gasteiger partial charge in [0.25, 0.3) is 5.91 Å². The second-order valence-corrected chi connectivity index (χ2v) is 12.9. The van der Waals surface area contributed by atoms with Crippen molar-refractivity contribution in [1.82, 2.24) is 16.0 Å². The molecule has 1 aromatic carbocycles. The lowest BCUT2D eigenvalue weighted by atomic mass is 10.1. The molecule has 1 aromatic rings. The molecule has 0 aliphatic rings. The molecule has 0 saturated heterocycles. The highest BCUT2D eigenvalue weighted by molar-refractivity contribution is 9.11. The zero-order valence-electron chi connectivity index (χ0n) is 25.7. The summed E-state index contributed by atoms with van der Waals surface area (Å²) in [6.45, 7) is 11.3. The number of hydrogen-bond donors (Lipinski definition) is 4. The fourth-order valence-electron chi connectivity index (χ4n) is 3.20. The lowest BCUT2D eigenvalue weighted by Gasteiger charge is -2.22.